The summed E-state index contributed by atoms with van der Waals surface area (Å²) in [6.45, 7) is 0.489. The van der Waals surface area contributed by atoms with Gasteiger partial charge in [-0.3, -0.25) is 14.9 Å². The molecule has 1 heterocycles. The summed E-state index contributed by atoms with van der Waals surface area (Å²) in [7, 11) is 0. The molecule has 7 nitrogen and oxygen atoms in total. The van der Waals surface area contributed by atoms with Gasteiger partial charge in [0, 0.05) is 22.2 Å². The maximum atomic E-state index is 12.3. The average molecular weight is 431 g/mol. The van der Waals surface area contributed by atoms with Crippen molar-refractivity contribution in [2.75, 3.05) is 0 Å². The Balaban J connectivity index is 1.34. The fourth-order valence-electron chi connectivity index (χ4n) is 2.87. The van der Waals surface area contributed by atoms with E-state index < -0.39 is 4.92 Å². The van der Waals surface area contributed by atoms with Crippen molar-refractivity contribution >= 4 is 39.2 Å². The zero-order valence-electron chi connectivity index (χ0n) is 16.2. The van der Waals surface area contributed by atoms with Crippen LogP contribution >= 0.6 is 11.3 Å². The molecule has 0 atom stereocenters. The Morgan fingerprint density at radius 3 is 2.58 bits per heavy atom. The van der Waals surface area contributed by atoms with Gasteiger partial charge in [0.15, 0.2) is 0 Å². The van der Waals surface area contributed by atoms with E-state index >= 15 is 0 Å². The van der Waals surface area contributed by atoms with Crippen LogP contribution in [0.15, 0.2) is 84.0 Å². The molecule has 0 aliphatic heterocycles. The molecule has 0 radical (unpaired) electrons. The van der Waals surface area contributed by atoms with Gasteiger partial charge in [-0.05, 0) is 47.5 Å². The molecule has 154 valence electrons. The number of ether oxygens (including phenoxy) is 1. The van der Waals surface area contributed by atoms with Gasteiger partial charge in [-0.15, -0.1) is 11.3 Å². The number of hydrazone groups is 1. The summed E-state index contributed by atoms with van der Waals surface area (Å²) < 4.78 is 6.54. The number of nitrogens with one attached hydrogen (secondary N) is 1. The quantitative estimate of drug-likeness (QED) is 0.249. The molecular weight excluding hydrogens is 414 g/mol. The van der Waals surface area contributed by atoms with Crippen molar-refractivity contribution in [3.63, 3.8) is 0 Å². The molecule has 4 rings (SSSR count). The molecule has 31 heavy (non-hydrogen) atoms. The Kier molecular flexibility index (Phi) is 6.00. The summed E-state index contributed by atoms with van der Waals surface area (Å²) in [5.74, 6) is 0.368. The van der Waals surface area contributed by atoms with Crippen molar-refractivity contribution < 1.29 is 14.5 Å². The minimum atomic E-state index is -0.459. The topological polar surface area (TPSA) is 93.8 Å². The highest BCUT2D eigenvalue weighted by molar-refractivity contribution is 7.20. The molecule has 3 aromatic carbocycles. The number of nitrogens with zero attached hydrogens (tertiary/aromatic N) is 2. The Hall–Kier alpha value is -4.04. The summed E-state index contributed by atoms with van der Waals surface area (Å²) in [4.78, 5) is 23.2. The number of hydrogen-bond donors (Lipinski definition) is 1. The SMILES string of the molecule is O=C(NN=Cc1ccc(OCc2ccccc2)cc1)c1cc2cc([N+](=O)[O-])ccc2s1. The fraction of sp³-hybridized carbons (Fsp3) is 0.0435. The summed E-state index contributed by atoms with van der Waals surface area (Å²) in [6.07, 6.45) is 1.54. The number of nitro groups is 1. The first kappa shape index (κ1) is 20.2. The van der Waals surface area contributed by atoms with Crippen LogP contribution in [0.5, 0.6) is 5.75 Å². The van der Waals surface area contributed by atoms with Crippen LogP contribution in [0.3, 0.4) is 0 Å². The third-order valence-corrected chi connectivity index (χ3v) is 5.56. The third kappa shape index (κ3) is 5.12. The molecule has 0 saturated heterocycles. The van der Waals surface area contributed by atoms with Gasteiger partial charge in [-0.2, -0.15) is 5.10 Å². The van der Waals surface area contributed by atoms with Crippen LogP contribution in [0.2, 0.25) is 0 Å². The average Bonchev–Trinajstić information content (AvgIpc) is 3.23. The van der Waals surface area contributed by atoms with Gasteiger partial charge in [0.2, 0.25) is 0 Å². The van der Waals surface area contributed by atoms with Crippen molar-refractivity contribution in [3.05, 3.63) is 105 Å². The molecule has 0 fully saturated rings. The summed E-state index contributed by atoms with van der Waals surface area (Å²) in [5.41, 5.74) is 4.37. The van der Waals surface area contributed by atoms with Crippen molar-refractivity contribution in [2.45, 2.75) is 6.61 Å². The molecule has 0 bridgehead atoms. The number of thiophene rings is 1. The molecule has 0 aliphatic carbocycles. The first-order valence-corrected chi connectivity index (χ1v) is 10.2. The van der Waals surface area contributed by atoms with Crippen molar-refractivity contribution in [3.8, 4) is 5.75 Å². The number of rotatable bonds is 7. The van der Waals surface area contributed by atoms with Gasteiger partial charge in [0.25, 0.3) is 11.6 Å². The predicted octanol–water partition coefficient (Wildman–Crippen LogP) is 5.15. The standard InChI is InChI=1S/C23H17N3O4S/c27-23(22-13-18-12-19(26(28)29)8-11-21(18)31-22)25-24-14-16-6-9-20(10-7-16)30-15-17-4-2-1-3-5-17/h1-14H,15H2,(H,25,27). The van der Waals surface area contributed by atoms with E-state index in [1.165, 1.54) is 29.7 Å². The maximum Gasteiger partial charge on any atom is 0.281 e. The van der Waals surface area contributed by atoms with E-state index in [0.29, 0.717) is 16.9 Å². The lowest BCUT2D eigenvalue weighted by Gasteiger charge is -2.06. The normalized spacial score (nSPS) is 11.0. The van der Waals surface area contributed by atoms with E-state index in [-0.39, 0.29) is 11.6 Å². The lowest BCUT2D eigenvalue weighted by Crippen LogP contribution is -2.16. The van der Waals surface area contributed by atoms with Crippen LogP contribution in [-0.2, 0) is 6.61 Å². The molecule has 0 saturated carbocycles. The summed E-state index contributed by atoms with van der Waals surface area (Å²) in [6, 6.07) is 23.4. The van der Waals surface area contributed by atoms with Crippen molar-refractivity contribution in [1.82, 2.24) is 5.43 Å². The van der Waals surface area contributed by atoms with E-state index in [2.05, 4.69) is 10.5 Å². The number of hydrogen-bond acceptors (Lipinski definition) is 6. The highest BCUT2D eigenvalue weighted by Gasteiger charge is 2.12. The van der Waals surface area contributed by atoms with E-state index in [1.54, 1.807) is 12.1 Å². The first-order chi connectivity index (χ1) is 15.1. The second-order valence-corrected chi connectivity index (χ2v) is 7.72. The Bertz CT molecular complexity index is 1250. The highest BCUT2D eigenvalue weighted by Crippen LogP contribution is 2.28. The van der Waals surface area contributed by atoms with Crippen LogP contribution < -0.4 is 10.2 Å². The van der Waals surface area contributed by atoms with Gasteiger partial charge >= 0.3 is 0 Å². The van der Waals surface area contributed by atoms with E-state index in [9.17, 15) is 14.9 Å². The van der Waals surface area contributed by atoms with E-state index in [4.69, 9.17) is 4.74 Å². The number of benzene rings is 3. The van der Waals surface area contributed by atoms with Crippen LogP contribution in [-0.4, -0.2) is 17.0 Å². The molecule has 1 amide bonds. The van der Waals surface area contributed by atoms with Gasteiger partial charge in [-0.25, -0.2) is 5.43 Å². The van der Waals surface area contributed by atoms with E-state index in [1.807, 2.05) is 54.6 Å². The highest BCUT2D eigenvalue weighted by atomic mass is 32.1. The first-order valence-electron chi connectivity index (χ1n) is 9.37. The number of carbonyl (C=O) groups excluding carboxylic acids is 1. The number of non-ortho nitro benzene ring substituents is 1. The zero-order valence-corrected chi connectivity index (χ0v) is 17.0. The fourth-order valence-corrected chi connectivity index (χ4v) is 3.80. The second kappa shape index (κ2) is 9.19. The van der Waals surface area contributed by atoms with Crippen molar-refractivity contribution in [1.29, 1.82) is 0 Å². The zero-order chi connectivity index (χ0) is 21.6. The summed E-state index contributed by atoms with van der Waals surface area (Å²) >= 11 is 1.25. The minimum absolute atomic E-state index is 0.00789. The van der Waals surface area contributed by atoms with E-state index in [0.717, 1.165) is 21.6 Å². The van der Waals surface area contributed by atoms with Gasteiger partial charge in [0.1, 0.15) is 12.4 Å². The molecule has 8 heteroatoms. The van der Waals surface area contributed by atoms with Crippen LogP contribution in [0.25, 0.3) is 10.1 Å². The molecule has 0 spiro atoms. The predicted molar refractivity (Wildman–Crippen MR) is 121 cm³/mol. The number of nitro benzene ring substituents is 1. The Morgan fingerprint density at radius 1 is 1.06 bits per heavy atom. The molecular formula is C23H17N3O4S. The van der Waals surface area contributed by atoms with Crippen LogP contribution in [0, 0.1) is 10.1 Å². The number of amides is 1. The second-order valence-electron chi connectivity index (χ2n) is 6.63. The molecule has 0 aliphatic rings. The van der Waals surface area contributed by atoms with Gasteiger partial charge in [-0.1, -0.05) is 30.3 Å². The van der Waals surface area contributed by atoms with Crippen molar-refractivity contribution in [2.24, 2.45) is 5.10 Å². The third-order valence-electron chi connectivity index (χ3n) is 4.44. The molecule has 1 aromatic heterocycles. The summed E-state index contributed by atoms with van der Waals surface area (Å²) in [5, 5.41) is 15.5. The van der Waals surface area contributed by atoms with Crippen LogP contribution in [0.1, 0.15) is 20.8 Å². The Labute approximate surface area is 181 Å². The van der Waals surface area contributed by atoms with Gasteiger partial charge < -0.3 is 4.74 Å². The monoisotopic (exact) mass is 431 g/mol. The lowest BCUT2D eigenvalue weighted by molar-refractivity contribution is -0.384. The Morgan fingerprint density at radius 2 is 1.84 bits per heavy atom. The van der Waals surface area contributed by atoms with Crippen LogP contribution in [0.4, 0.5) is 5.69 Å². The van der Waals surface area contributed by atoms with Gasteiger partial charge in [0.05, 0.1) is 16.0 Å². The number of fused-ring (bicyclic) bond motifs is 1. The minimum Gasteiger partial charge on any atom is -0.489 e. The molecule has 0 unspecified atom stereocenters. The molecule has 4 aromatic rings. The molecule has 1 N–H and O–H groups in total. The largest absolute Gasteiger partial charge is 0.489 e. The number of carbonyl (C=O) groups is 1. The maximum absolute atomic E-state index is 12.3. The lowest BCUT2D eigenvalue weighted by atomic mass is 10.2. The smallest absolute Gasteiger partial charge is 0.281 e.